The molecule has 2 aliphatic rings. The second-order valence-electron chi connectivity index (χ2n) is 8.18. The zero-order valence-corrected chi connectivity index (χ0v) is 19.1. The van der Waals surface area contributed by atoms with Crippen LogP contribution in [-0.2, 0) is 32.0 Å². The summed E-state index contributed by atoms with van der Waals surface area (Å²) in [7, 11) is 0. The molecule has 0 aliphatic carbocycles. The van der Waals surface area contributed by atoms with Gasteiger partial charge in [0.15, 0.2) is 0 Å². The third-order valence-corrected chi connectivity index (χ3v) is 6.99. The molecule has 8 nitrogen and oxygen atoms in total. The molecule has 0 radical (unpaired) electrons. The van der Waals surface area contributed by atoms with E-state index in [-0.39, 0.29) is 24.7 Å². The molecule has 2 aromatic rings. The summed E-state index contributed by atoms with van der Waals surface area (Å²) in [6, 6.07) is 2.00. The first-order valence-electron chi connectivity index (χ1n) is 10.8. The number of nitrogens with zero attached hydrogens (tertiary/aromatic N) is 2. The van der Waals surface area contributed by atoms with Crippen molar-refractivity contribution in [3.05, 3.63) is 22.2 Å². The van der Waals surface area contributed by atoms with Gasteiger partial charge in [-0.2, -0.15) is 0 Å². The van der Waals surface area contributed by atoms with Crippen molar-refractivity contribution in [3.63, 3.8) is 0 Å². The second-order valence-corrected chi connectivity index (χ2v) is 9.18. The predicted molar refractivity (Wildman–Crippen MR) is 119 cm³/mol. The van der Waals surface area contributed by atoms with Crippen LogP contribution >= 0.6 is 11.3 Å². The van der Waals surface area contributed by atoms with Crippen molar-refractivity contribution in [2.45, 2.75) is 45.8 Å². The Morgan fingerprint density at radius 1 is 1.32 bits per heavy atom. The van der Waals surface area contributed by atoms with Gasteiger partial charge in [0, 0.05) is 30.5 Å². The van der Waals surface area contributed by atoms with E-state index in [0.717, 1.165) is 34.3 Å². The van der Waals surface area contributed by atoms with Crippen molar-refractivity contribution in [1.29, 1.82) is 0 Å². The fraction of sp³-hybridized carbons (Fsp3) is 0.591. The number of fused-ring (bicyclic) bond motifs is 2. The number of pyridine rings is 1. The molecule has 1 fully saturated rings. The molecule has 31 heavy (non-hydrogen) atoms. The molecule has 1 amide bonds. The molecule has 1 saturated heterocycles. The second kappa shape index (κ2) is 9.20. The van der Waals surface area contributed by atoms with Crippen LogP contribution in [0.5, 0.6) is 0 Å². The van der Waals surface area contributed by atoms with E-state index in [1.54, 1.807) is 6.92 Å². The Labute approximate surface area is 185 Å². The quantitative estimate of drug-likeness (QED) is 0.681. The highest BCUT2D eigenvalue weighted by Crippen LogP contribution is 2.39. The smallest absolute Gasteiger partial charge is 0.350 e. The van der Waals surface area contributed by atoms with Crippen molar-refractivity contribution >= 4 is 39.1 Å². The molecule has 9 heteroatoms. The lowest BCUT2D eigenvalue weighted by molar-refractivity contribution is -0.118. The van der Waals surface area contributed by atoms with Gasteiger partial charge < -0.3 is 19.5 Å². The average Bonchev–Trinajstić information content (AvgIpc) is 3.10. The Morgan fingerprint density at radius 3 is 2.81 bits per heavy atom. The molecule has 0 aromatic carbocycles. The summed E-state index contributed by atoms with van der Waals surface area (Å²) < 4.78 is 16.7. The maximum atomic E-state index is 12.8. The Bertz CT molecular complexity index is 985. The molecule has 0 saturated carbocycles. The van der Waals surface area contributed by atoms with Gasteiger partial charge in [0.05, 0.1) is 50.0 Å². The van der Waals surface area contributed by atoms with Crippen LogP contribution in [0, 0.1) is 0 Å². The Hall–Kier alpha value is -2.07. The number of hydrogen-bond donors (Lipinski definition) is 1. The van der Waals surface area contributed by atoms with Crippen LogP contribution in [0.2, 0.25) is 0 Å². The first kappa shape index (κ1) is 22.1. The van der Waals surface area contributed by atoms with Crippen LogP contribution in [0.15, 0.2) is 6.07 Å². The molecule has 0 bridgehead atoms. The number of carbonyl (C=O) groups excluding carboxylic acids is 2. The van der Waals surface area contributed by atoms with Crippen molar-refractivity contribution in [2.24, 2.45) is 0 Å². The van der Waals surface area contributed by atoms with E-state index in [4.69, 9.17) is 19.2 Å². The molecule has 1 N–H and O–H groups in total. The largest absolute Gasteiger partial charge is 0.462 e. The third kappa shape index (κ3) is 4.74. The molecule has 4 heterocycles. The van der Waals surface area contributed by atoms with Gasteiger partial charge in [-0.05, 0) is 26.3 Å². The minimum absolute atomic E-state index is 0.167. The van der Waals surface area contributed by atoms with E-state index in [1.165, 1.54) is 11.3 Å². The van der Waals surface area contributed by atoms with Crippen LogP contribution in [-0.4, -0.2) is 66.8 Å². The van der Waals surface area contributed by atoms with E-state index in [2.05, 4.69) is 19.2 Å². The van der Waals surface area contributed by atoms with Gasteiger partial charge in [0.25, 0.3) is 0 Å². The van der Waals surface area contributed by atoms with Gasteiger partial charge >= 0.3 is 5.97 Å². The SMILES string of the molecule is CCOC(=O)c1sc2nc3c(cc2c1NC(=O)CN1CCOCC1)CO[C@@](C)(CC)C3. The lowest BCUT2D eigenvalue weighted by Gasteiger charge is -2.33. The predicted octanol–water partition coefficient (Wildman–Crippen LogP) is 2.99. The van der Waals surface area contributed by atoms with E-state index >= 15 is 0 Å². The monoisotopic (exact) mass is 447 g/mol. The molecular weight excluding hydrogens is 418 g/mol. The van der Waals surface area contributed by atoms with Gasteiger partial charge in [-0.25, -0.2) is 9.78 Å². The first-order chi connectivity index (χ1) is 14.9. The zero-order chi connectivity index (χ0) is 22.0. The number of aromatic nitrogens is 1. The minimum atomic E-state index is -0.445. The van der Waals surface area contributed by atoms with Gasteiger partial charge in [0.2, 0.25) is 5.91 Å². The number of rotatable bonds is 6. The highest BCUT2D eigenvalue weighted by atomic mass is 32.1. The highest BCUT2D eigenvalue weighted by molar-refractivity contribution is 7.21. The number of esters is 1. The van der Waals surface area contributed by atoms with Gasteiger partial charge in [0.1, 0.15) is 9.71 Å². The Kier molecular flexibility index (Phi) is 6.57. The fourth-order valence-corrected chi connectivity index (χ4v) is 4.89. The Morgan fingerprint density at radius 2 is 2.10 bits per heavy atom. The first-order valence-corrected chi connectivity index (χ1v) is 11.6. The maximum absolute atomic E-state index is 12.8. The lowest BCUT2D eigenvalue weighted by Crippen LogP contribution is -2.41. The standard InChI is InChI=1S/C22H29N3O5S/c1-4-22(3)11-16-14(13-30-22)10-15-18(19(21(27)29-5-2)31-20(15)23-16)24-17(26)12-25-6-8-28-9-7-25/h10H,4-9,11-13H2,1-3H3,(H,24,26)/t22-/m0/s1. The fourth-order valence-electron chi connectivity index (χ4n) is 3.87. The summed E-state index contributed by atoms with van der Waals surface area (Å²) in [4.78, 5) is 33.4. The number of hydrogen-bond acceptors (Lipinski definition) is 8. The summed E-state index contributed by atoms with van der Waals surface area (Å²) in [6.07, 6.45) is 1.62. The van der Waals surface area contributed by atoms with Crippen molar-refractivity contribution in [3.8, 4) is 0 Å². The highest BCUT2D eigenvalue weighted by Gasteiger charge is 2.32. The molecular formula is C22H29N3O5S. The third-order valence-electron chi connectivity index (χ3n) is 5.91. The number of ether oxygens (including phenoxy) is 3. The summed E-state index contributed by atoms with van der Waals surface area (Å²) in [5.41, 5.74) is 2.24. The normalized spacial score (nSPS) is 21.6. The van der Waals surface area contributed by atoms with Crippen LogP contribution in [0.4, 0.5) is 5.69 Å². The maximum Gasteiger partial charge on any atom is 0.350 e. The number of thiophene rings is 1. The average molecular weight is 448 g/mol. The van der Waals surface area contributed by atoms with Crippen LogP contribution in [0.3, 0.4) is 0 Å². The number of amides is 1. The van der Waals surface area contributed by atoms with Crippen molar-refractivity contribution < 1.29 is 23.8 Å². The zero-order valence-electron chi connectivity index (χ0n) is 18.3. The summed E-state index contributed by atoms with van der Waals surface area (Å²) in [6.45, 7) is 9.62. The number of morpholine rings is 1. The van der Waals surface area contributed by atoms with E-state index in [9.17, 15) is 9.59 Å². The Balaban J connectivity index is 1.67. The van der Waals surface area contributed by atoms with E-state index in [1.807, 2.05) is 11.0 Å². The van der Waals surface area contributed by atoms with E-state index < -0.39 is 5.97 Å². The summed E-state index contributed by atoms with van der Waals surface area (Å²) in [5, 5.41) is 3.72. The summed E-state index contributed by atoms with van der Waals surface area (Å²) in [5.74, 6) is -0.612. The molecule has 0 unspecified atom stereocenters. The molecule has 1 atom stereocenters. The number of anilines is 1. The van der Waals surface area contributed by atoms with Gasteiger partial charge in [-0.3, -0.25) is 9.69 Å². The van der Waals surface area contributed by atoms with Crippen LogP contribution < -0.4 is 5.32 Å². The topological polar surface area (TPSA) is 90.0 Å². The molecule has 2 aromatic heterocycles. The minimum Gasteiger partial charge on any atom is -0.462 e. The van der Waals surface area contributed by atoms with Crippen molar-refractivity contribution in [1.82, 2.24) is 9.88 Å². The lowest BCUT2D eigenvalue weighted by atomic mass is 9.91. The molecule has 4 rings (SSSR count). The van der Waals surface area contributed by atoms with Crippen LogP contribution in [0.25, 0.3) is 10.2 Å². The summed E-state index contributed by atoms with van der Waals surface area (Å²) >= 11 is 1.27. The van der Waals surface area contributed by atoms with Gasteiger partial charge in [-0.15, -0.1) is 11.3 Å². The van der Waals surface area contributed by atoms with Gasteiger partial charge in [-0.1, -0.05) is 6.92 Å². The van der Waals surface area contributed by atoms with Crippen LogP contribution in [0.1, 0.15) is 48.1 Å². The number of carbonyl (C=O) groups is 2. The van der Waals surface area contributed by atoms with Crippen molar-refractivity contribution in [2.75, 3.05) is 44.8 Å². The van der Waals surface area contributed by atoms with E-state index in [0.29, 0.717) is 43.5 Å². The number of nitrogens with one attached hydrogen (secondary N) is 1. The molecule has 168 valence electrons. The molecule has 0 spiro atoms. The molecule has 2 aliphatic heterocycles.